The predicted octanol–water partition coefficient (Wildman–Crippen LogP) is 1.20. The van der Waals surface area contributed by atoms with E-state index in [1.165, 1.54) is 52.0 Å². The summed E-state index contributed by atoms with van der Waals surface area (Å²) < 4.78 is 104. The van der Waals surface area contributed by atoms with Crippen LogP contribution < -0.4 is 46.7 Å². The van der Waals surface area contributed by atoms with E-state index in [9.17, 15) is 31.3 Å². The lowest BCUT2D eigenvalue weighted by Crippen LogP contribution is -2.45. The highest BCUT2D eigenvalue weighted by Crippen LogP contribution is 2.49. The molecular weight excluding hydrogens is 1200 g/mol. The molecule has 6 aliphatic rings. The molecule has 29 heteroatoms. The number of unbranched alkanes of at least 4 members (excludes halogenated alkanes) is 1. The van der Waals surface area contributed by atoms with Crippen molar-refractivity contribution in [2.24, 2.45) is 11.5 Å². The van der Waals surface area contributed by atoms with Crippen molar-refractivity contribution in [3.05, 3.63) is 105 Å². The lowest BCUT2D eigenvalue weighted by molar-refractivity contribution is -0.138. The smallest absolute Gasteiger partial charge is 0.320 e. The van der Waals surface area contributed by atoms with Crippen LogP contribution in [0.3, 0.4) is 0 Å². The second-order valence-corrected chi connectivity index (χ2v) is 26.9. The van der Waals surface area contributed by atoms with Crippen molar-refractivity contribution >= 4 is 54.4 Å². The maximum absolute atomic E-state index is 12.5. The van der Waals surface area contributed by atoms with Crippen molar-refractivity contribution in [3.63, 3.8) is 0 Å². The largest absolute Gasteiger partial charge is 0.744 e. The maximum atomic E-state index is 12.5. The number of ether oxygens (including phenoxy) is 6. The summed E-state index contributed by atoms with van der Waals surface area (Å²) in [5, 5.41) is 30.9. The normalized spacial score (nSPS) is 19.9. The van der Waals surface area contributed by atoms with E-state index >= 15 is 0 Å². The number of aromatic nitrogens is 7. The highest BCUT2D eigenvalue weighted by molar-refractivity contribution is 7.88. The number of aliphatic hydroxyl groups excluding tert-OH is 1. The maximum Gasteiger partial charge on any atom is 0.320 e. The number of nitrogens with one attached hydrogen (secondary N) is 1. The molecule has 90 heavy (non-hydrogen) atoms. The number of aliphatic hydroxyl groups is 1. The Morgan fingerprint density at radius 1 is 0.867 bits per heavy atom. The minimum absolute atomic E-state index is 0.158. The third-order valence-corrected chi connectivity index (χ3v) is 19.0. The van der Waals surface area contributed by atoms with Gasteiger partial charge in [-0.25, -0.2) is 45.8 Å². The number of anilines is 2. The number of sulfonamides is 1. The molecule has 1 saturated heterocycles. The van der Waals surface area contributed by atoms with Gasteiger partial charge in [0.15, 0.2) is 17.7 Å². The third-order valence-electron chi connectivity index (χ3n) is 17.4. The Balaban J connectivity index is 0.000000193. The molecule has 12 rings (SSSR count). The quantitative estimate of drug-likeness (QED) is 0.0228. The van der Waals surface area contributed by atoms with Crippen LogP contribution in [0.1, 0.15) is 103 Å². The Hall–Kier alpha value is -6.61. The molecule has 1 fully saturated rings. The molecule has 0 unspecified atom stereocenters. The monoisotopic (exact) mass is 1280 g/mol. The highest BCUT2D eigenvalue weighted by Gasteiger charge is 2.47. The van der Waals surface area contributed by atoms with Crippen LogP contribution in [0.25, 0.3) is 16.7 Å². The lowest BCUT2D eigenvalue weighted by atomic mass is 9.82. The van der Waals surface area contributed by atoms with Crippen LogP contribution >= 0.6 is 0 Å². The number of fused-ring (bicyclic) bond motifs is 5. The van der Waals surface area contributed by atoms with Gasteiger partial charge in [-0.05, 0) is 101 Å². The second kappa shape index (κ2) is 28.9. The van der Waals surface area contributed by atoms with Crippen molar-refractivity contribution in [1.82, 2.24) is 43.8 Å². The summed E-state index contributed by atoms with van der Waals surface area (Å²) in [7, 11) is -7.89. The summed E-state index contributed by atoms with van der Waals surface area (Å²) in [6, 6.07) is 9.70. The number of aliphatic carboxylic acids is 1. The molecule has 9 heterocycles. The van der Waals surface area contributed by atoms with Crippen LogP contribution in [0.15, 0.2) is 60.1 Å². The van der Waals surface area contributed by atoms with Crippen LogP contribution in [0, 0.1) is 0 Å². The Morgan fingerprint density at radius 3 is 2.38 bits per heavy atom. The van der Waals surface area contributed by atoms with Gasteiger partial charge in [0.05, 0.1) is 87.2 Å². The summed E-state index contributed by atoms with van der Waals surface area (Å²) in [5.74, 6) is 0.833. The molecule has 6 aliphatic heterocycles. The van der Waals surface area contributed by atoms with E-state index < -0.39 is 62.7 Å². The molecule has 6 aromatic rings. The first-order valence-corrected chi connectivity index (χ1v) is 34.4. The molecule has 0 aliphatic carbocycles. The van der Waals surface area contributed by atoms with E-state index in [2.05, 4.69) is 51.6 Å². The Morgan fingerprint density at radius 2 is 1.60 bits per heavy atom. The molecule has 6 atom stereocenters. The molecule has 27 nitrogen and oxygen atoms in total. The Kier molecular flexibility index (Phi) is 20.9. The van der Waals surface area contributed by atoms with Gasteiger partial charge in [-0.1, -0.05) is 23.4 Å². The van der Waals surface area contributed by atoms with Gasteiger partial charge in [-0.3, -0.25) is 9.36 Å². The number of hydrogen-bond donors (Lipinski definition) is 6. The van der Waals surface area contributed by atoms with Gasteiger partial charge < -0.3 is 65.3 Å². The van der Waals surface area contributed by atoms with Crippen molar-refractivity contribution in [2.75, 3.05) is 95.9 Å². The molecule has 3 aromatic heterocycles. The van der Waals surface area contributed by atoms with Gasteiger partial charge in [0, 0.05) is 83.9 Å². The molecule has 0 radical (unpaired) electrons. The van der Waals surface area contributed by atoms with Gasteiger partial charge in [0.2, 0.25) is 15.4 Å². The summed E-state index contributed by atoms with van der Waals surface area (Å²) in [6.07, 6.45) is 13.5. The molecule has 9 N–H and O–H groups in total. The van der Waals surface area contributed by atoms with E-state index in [-0.39, 0.29) is 36.7 Å². The first-order valence-electron chi connectivity index (χ1n) is 31.1. The molecule has 0 saturated carbocycles. The van der Waals surface area contributed by atoms with E-state index in [0.717, 1.165) is 124 Å². The molecule has 3 aromatic carbocycles. The number of imidazole rings is 1. The van der Waals surface area contributed by atoms with E-state index in [0.29, 0.717) is 82.2 Å². The summed E-state index contributed by atoms with van der Waals surface area (Å²) in [5.41, 5.74) is 28.4. The first-order chi connectivity index (χ1) is 43.4. The SMILES string of the molecule is CS(=O)(=O)NCCOCCOCCOCCn1nncc1CCCCO[C@@H]1[C@H](O)[C@@H](C[C@@H](N)CC[C@H](N)C(=O)O)O[C@H]1n1cnc2c(N)ncnc21.O=S(=O)([O-])c1ccccc1C1=c2cc3c4c(c2Oc2c1cc1c5c2CCCN5CCC1)CCC[N+]=4CCC3. The van der Waals surface area contributed by atoms with Crippen molar-refractivity contribution in [2.45, 2.75) is 138 Å². The predicted molar refractivity (Wildman–Crippen MR) is 330 cm³/mol. The van der Waals surface area contributed by atoms with Crippen LogP contribution in [0.5, 0.6) is 11.5 Å². The van der Waals surface area contributed by atoms with Crippen molar-refractivity contribution in [3.8, 4) is 11.5 Å². The molecule has 0 bridgehead atoms. The van der Waals surface area contributed by atoms with Crippen LogP contribution in [0.4, 0.5) is 11.5 Å². The van der Waals surface area contributed by atoms with Gasteiger partial charge in [0.1, 0.15) is 64.8 Å². The second-order valence-electron chi connectivity index (χ2n) is 23.7. The highest BCUT2D eigenvalue weighted by atomic mass is 32.2. The number of nitrogen functional groups attached to an aromatic ring is 1. The number of aryl methyl sites for hydroxylation is 3. The average molecular weight is 1280 g/mol. The van der Waals surface area contributed by atoms with Crippen molar-refractivity contribution < 1.29 is 64.8 Å². The molecule has 486 valence electrons. The molecular formula is C61H81N13O14S2. The lowest BCUT2D eigenvalue weighted by Gasteiger charge is -2.39. The van der Waals surface area contributed by atoms with Gasteiger partial charge >= 0.3 is 5.97 Å². The first kappa shape index (κ1) is 64.9. The zero-order valence-corrected chi connectivity index (χ0v) is 52.3. The fraction of sp³-hybridized carbons (Fsp3) is 0.557. The van der Waals surface area contributed by atoms with Crippen molar-refractivity contribution in [1.29, 1.82) is 0 Å². The molecule has 0 amide bonds. The summed E-state index contributed by atoms with van der Waals surface area (Å²) in [6.45, 7) is 7.53. The number of rotatable bonds is 28. The summed E-state index contributed by atoms with van der Waals surface area (Å²) in [4.78, 5) is 26.1. The van der Waals surface area contributed by atoms with Crippen LogP contribution in [0.2, 0.25) is 0 Å². The van der Waals surface area contributed by atoms with Crippen LogP contribution in [-0.2, 0) is 87.3 Å². The Labute approximate surface area is 522 Å². The topological polar surface area (TPSA) is 375 Å². The number of nitrogens with zero attached hydrogens (tertiary/aromatic N) is 9. The van der Waals surface area contributed by atoms with E-state index in [4.69, 9.17) is 50.7 Å². The number of nitrogens with two attached hydrogens (primary N) is 3. The minimum atomic E-state index is -4.68. The van der Waals surface area contributed by atoms with E-state index in [1.807, 2.05) is 6.07 Å². The number of carboxylic acids is 1. The van der Waals surface area contributed by atoms with E-state index in [1.54, 1.807) is 27.6 Å². The van der Waals surface area contributed by atoms with Gasteiger partial charge in [0.25, 0.3) is 0 Å². The van der Waals surface area contributed by atoms with Crippen LogP contribution in [-0.4, -0.2) is 188 Å². The molecule has 0 spiro atoms. The Bertz CT molecular complexity index is 3920. The summed E-state index contributed by atoms with van der Waals surface area (Å²) >= 11 is 0. The fourth-order valence-electron chi connectivity index (χ4n) is 13.3. The fourth-order valence-corrected chi connectivity index (χ4v) is 14.4. The number of carbonyl (C=O) groups is 1. The zero-order valence-electron chi connectivity index (χ0n) is 50.6. The average Bonchev–Trinajstić information content (AvgIpc) is 0.860. The van der Waals surface area contributed by atoms with Gasteiger partial charge in [-0.2, -0.15) is 0 Å². The number of benzene rings is 3. The minimum Gasteiger partial charge on any atom is -0.744 e. The van der Waals surface area contributed by atoms with Gasteiger partial charge in [-0.15, -0.1) is 5.10 Å². The standard InChI is InChI=1S/C31H30N2O4S.C30H51N11O10S/c34-38(35,36)26-12-2-1-9-21(26)27-24-17-19-7-3-13-32-15-5-10-22(28(19)32)30(24)37-31-23-11-6-16-33-14-4-8-20(29(23)33)18-25(27)31;1-52(45,46)38-7-10-47-12-14-49-15-13-48-11-8-41-21(17-37-39-41)4-2-3-9-50-26-25(42)23(16-20(31)5-6-22(32)30(43)44)51-29(26)40-19-36-24-27(33)34-18-35-28(24)40/h1-2,9,12,17-18H,3-8,10-11,13-16H2;17-20,22-23,25-26,29,38,42H,2-16,31-32H2,1H3,(H,43,44)(H2,33,34,35)/t;20-,22-,23+,25+,26+,29+/m.0/s1. The zero-order chi connectivity index (χ0) is 63.1. The third kappa shape index (κ3) is 14.8. The number of carboxylic acid groups (broad SMARTS) is 1. The number of hydrogen-bond acceptors (Lipinski definition) is 22.